The van der Waals surface area contributed by atoms with Crippen molar-refractivity contribution < 1.29 is 4.79 Å². The van der Waals surface area contributed by atoms with Crippen molar-refractivity contribution >= 4 is 43.4 Å². The number of aromatic nitrogens is 1. The van der Waals surface area contributed by atoms with Gasteiger partial charge < -0.3 is 4.90 Å². The standard InChI is InChI=1S/C19H18BrN3OS/c20-15-7-5-14(6-8-15)19(24)23-11-9-22(10-12-23)13-18-21-16-3-1-2-4-17(16)25-18/h1-8H,9-13H2. The van der Waals surface area contributed by atoms with Crippen LogP contribution < -0.4 is 0 Å². The van der Waals surface area contributed by atoms with Gasteiger partial charge in [-0.3, -0.25) is 9.69 Å². The van der Waals surface area contributed by atoms with Crippen LogP contribution >= 0.6 is 27.3 Å². The first-order valence-corrected chi connectivity index (χ1v) is 9.92. The van der Waals surface area contributed by atoms with Crippen molar-refractivity contribution in [2.24, 2.45) is 0 Å². The summed E-state index contributed by atoms with van der Waals surface area (Å²) in [5.74, 6) is 0.118. The molecule has 6 heteroatoms. The SMILES string of the molecule is O=C(c1ccc(Br)cc1)N1CCN(Cc2nc3ccccc3s2)CC1. The molecular formula is C19H18BrN3OS. The van der Waals surface area contributed by atoms with E-state index >= 15 is 0 Å². The van der Waals surface area contributed by atoms with E-state index in [1.165, 1.54) is 4.70 Å². The molecule has 1 aliphatic heterocycles. The number of carbonyl (C=O) groups excluding carboxylic acids is 1. The average molecular weight is 416 g/mol. The van der Waals surface area contributed by atoms with Gasteiger partial charge >= 0.3 is 0 Å². The van der Waals surface area contributed by atoms with Crippen molar-refractivity contribution in [1.82, 2.24) is 14.8 Å². The van der Waals surface area contributed by atoms with Crippen LogP contribution in [0.3, 0.4) is 0 Å². The van der Waals surface area contributed by atoms with Crippen LogP contribution in [-0.4, -0.2) is 46.9 Å². The molecule has 0 saturated carbocycles. The minimum Gasteiger partial charge on any atom is -0.336 e. The lowest BCUT2D eigenvalue weighted by Crippen LogP contribution is -2.48. The van der Waals surface area contributed by atoms with Gasteiger partial charge in [0.25, 0.3) is 5.91 Å². The largest absolute Gasteiger partial charge is 0.336 e. The Kier molecular flexibility index (Phi) is 4.83. The normalized spacial score (nSPS) is 15.6. The van der Waals surface area contributed by atoms with Crippen molar-refractivity contribution in [1.29, 1.82) is 0 Å². The summed E-state index contributed by atoms with van der Waals surface area (Å²) in [4.78, 5) is 21.6. The highest BCUT2D eigenvalue weighted by molar-refractivity contribution is 9.10. The fourth-order valence-electron chi connectivity index (χ4n) is 3.06. The monoisotopic (exact) mass is 415 g/mol. The highest BCUT2D eigenvalue weighted by Crippen LogP contribution is 2.23. The average Bonchev–Trinajstić information content (AvgIpc) is 3.05. The van der Waals surface area contributed by atoms with E-state index in [0.717, 1.165) is 53.3 Å². The van der Waals surface area contributed by atoms with E-state index in [1.807, 2.05) is 35.2 Å². The maximum atomic E-state index is 12.6. The summed E-state index contributed by atoms with van der Waals surface area (Å²) in [6.45, 7) is 4.16. The Morgan fingerprint density at radius 3 is 2.48 bits per heavy atom. The lowest BCUT2D eigenvalue weighted by atomic mass is 10.2. The molecule has 4 rings (SSSR count). The molecule has 2 heterocycles. The van der Waals surface area contributed by atoms with Gasteiger partial charge in [-0.25, -0.2) is 4.98 Å². The molecule has 4 nitrogen and oxygen atoms in total. The van der Waals surface area contributed by atoms with Gasteiger partial charge in [-0.1, -0.05) is 28.1 Å². The molecule has 0 N–H and O–H groups in total. The Labute approximate surface area is 159 Å². The third kappa shape index (κ3) is 3.76. The van der Waals surface area contributed by atoms with Crippen molar-refractivity contribution in [3.63, 3.8) is 0 Å². The first-order valence-electron chi connectivity index (χ1n) is 8.31. The Balaban J connectivity index is 1.36. The number of amides is 1. The van der Waals surface area contributed by atoms with Gasteiger partial charge in [0.05, 0.1) is 16.8 Å². The van der Waals surface area contributed by atoms with Crippen LogP contribution in [0.5, 0.6) is 0 Å². The summed E-state index contributed by atoms with van der Waals surface area (Å²) in [6.07, 6.45) is 0. The molecule has 1 aliphatic rings. The van der Waals surface area contributed by atoms with E-state index in [2.05, 4.69) is 39.0 Å². The quantitative estimate of drug-likeness (QED) is 0.647. The van der Waals surface area contributed by atoms with Crippen molar-refractivity contribution in [2.75, 3.05) is 26.2 Å². The molecule has 1 amide bonds. The smallest absolute Gasteiger partial charge is 0.253 e. The van der Waals surface area contributed by atoms with Crippen LogP contribution in [-0.2, 0) is 6.54 Å². The van der Waals surface area contributed by atoms with Gasteiger partial charge in [-0.05, 0) is 36.4 Å². The van der Waals surface area contributed by atoms with Crippen LogP contribution in [0.25, 0.3) is 10.2 Å². The molecule has 1 fully saturated rings. The van der Waals surface area contributed by atoms with Crippen molar-refractivity contribution in [3.05, 3.63) is 63.6 Å². The first kappa shape index (κ1) is 16.7. The van der Waals surface area contributed by atoms with E-state index in [-0.39, 0.29) is 5.91 Å². The highest BCUT2D eigenvalue weighted by atomic mass is 79.9. The zero-order valence-electron chi connectivity index (χ0n) is 13.7. The number of thiazole rings is 1. The van der Waals surface area contributed by atoms with E-state index in [4.69, 9.17) is 4.98 Å². The van der Waals surface area contributed by atoms with Gasteiger partial charge in [0.2, 0.25) is 0 Å². The third-order valence-electron chi connectivity index (χ3n) is 4.45. The maximum absolute atomic E-state index is 12.6. The second-order valence-electron chi connectivity index (χ2n) is 6.15. The van der Waals surface area contributed by atoms with Gasteiger partial charge in [0, 0.05) is 36.2 Å². The molecule has 1 aromatic heterocycles. The van der Waals surface area contributed by atoms with E-state index in [1.54, 1.807) is 11.3 Å². The van der Waals surface area contributed by atoms with Gasteiger partial charge in [0.15, 0.2) is 0 Å². The Morgan fingerprint density at radius 1 is 1.04 bits per heavy atom. The summed E-state index contributed by atoms with van der Waals surface area (Å²) in [5, 5.41) is 1.15. The van der Waals surface area contributed by atoms with Crippen LogP contribution in [0.2, 0.25) is 0 Å². The van der Waals surface area contributed by atoms with Gasteiger partial charge in [-0.15, -0.1) is 11.3 Å². The number of rotatable bonds is 3. The molecule has 0 aliphatic carbocycles. The predicted molar refractivity (Wildman–Crippen MR) is 105 cm³/mol. The molecule has 0 radical (unpaired) electrons. The number of piperazine rings is 1. The van der Waals surface area contributed by atoms with Crippen molar-refractivity contribution in [3.8, 4) is 0 Å². The lowest BCUT2D eigenvalue weighted by molar-refractivity contribution is 0.0628. The molecule has 0 spiro atoms. The van der Waals surface area contributed by atoms with Crippen LogP contribution in [0.4, 0.5) is 0 Å². The topological polar surface area (TPSA) is 36.4 Å². The summed E-state index contributed by atoms with van der Waals surface area (Å²) < 4.78 is 2.23. The number of fused-ring (bicyclic) bond motifs is 1. The summed E-state index contributed by atoms with van der Waals surface area (Å²) in [5.41, 5.74) is 1.83. The fraction of sp³-hybridized carbons (Fsp3) is 0.263. The molecule has 0 bridgehead atoms. The number of nitrogens with zero attached hydrogens (tertiary/aromatic N) is 3. The summed E-state index contributed by atoms with van der Waals surface area (Å²) in [7, 11) is 0. The Morgan fingerprint density at radius 2 is 1.76 bits per heavy atom. The predicted octanol–water partition coefficient (Wildman–Crippen LogP) is 4.02. The zero-order valence-corrected chi connectivity index (χ0v) is 16.1. The molecule has 128 valence electrons. The molecular weight excluding hydrogens is 398 g/mol. The lowest BCUT2D eigenvalue weighted by Gasteiger charge is -2.34. The second kappa shape index (κ2) is 7.23. The molecule has 25 heavy (non-hydrogen) atoms. The number of carbonyl (C=O) groups is 1. The number of hydrogen-bond acceptors (Lipinski definition) is 4. The molecule has 0 unspecified atom stereocenters. The third-order valence-corrected chi connectivity index (χ3v) is 6.00. The number of para-hydroxylation sites is 1. The molecule has 0 atom stereocenters. The molecule has 2 aromatic carbocycles. The van der Waals surface area contributed by atoms with Crippen LogP contribution in [0, 0.1) is 0 Å². The maximum Gasteiger partial charge on any atom is 0.253 e. The first-order chi connectivity index (χ1) is 12.2. The minimum atomic E-state index is 0.118. The minimum absolute atomic E-state index is 0.118. The van der Waals surface area contributed by atoms with E-state index < -0.39 is 0 Å². The number of benzene rings is 2. The van der Waals surface area contributed by atoms with Gasteiger partial charge in [-0.2, -0.15) is 0 Å². The molecule has 3 aromatic rings. The Bertz CT molecular complexity index is 852. The van der Waals surface area contributed by atoms with Gasteiger partial charge in [0.1, 0.15) is 5.01 Å². The molecule has 1 saturated heterocycles. The van der Waals surface area contributed by atoms with E-state index in [0.29, 0.717) is 0 Å². The second-order valence-corrected chi connectivity index (χ2v) is 8.18. The zero-order chi connectivity index (χ0) is 17.2. The van der Waals surface area contributed by atoms with Crippen LogP contribution in [0.1, 0.15) is 15.4 Å². The number of hydrogen-bond donors (Lipinski definition) is 0. The summed E-state index contributed by atoms with van der Waals surface area (Å²) >= 11 is 5.16. The highest BCUT2D eigenvalue weighted by Gasteiger charge is 2.22. The van der Waals surface area contributed by atoms with E-state index in [9.17, 15) is 4.79 Å². The van der Waals surface area contributed by atoms with Crippen LogP contribution in [0.15, 0.2) is 53.0 Å². The Hall–Kier alpha value is -1.76. The van der Waals surface area contributed by atoms with Crippen molar-refractivity contribution in [2.45, 2.75) is 6.54 Å². The fourth-order valence-corrected chi connectivity index (χ4v) is 4.34. The number of halogens is 1. The summed E-state index contributed by atoms with van der Waals surface area (Å²) in [6, 6.07) is 15.8.